The molecule has 8 nitrogen and oxygen atoms in total. The number of thioether (sulfide) groups is 1. The van der Waals surface area contributed by atoms with Crippen molar-refractivity contribution in [2.75, 3.05) is 31.2 Å². The average Bonchev–Trinajstić information content (AvgIpc) is 3.78. The highest BCUT2D eigenvalue weighted by Gasteiger charge is 2.55. The minimum absolute atomic E-state index is 0.0205. The number of alkyl halides is 2. The molecule has 2 aromatic heterocycles. The lowest BCUT2D eigenvalue weighted by atomic mass is 9.77. The van der Waals surface area contributed by atoms with E-state index in [1.165, 1.54) is 11.9 Å². The summed E-state index contributed by atoms with van der Waals surface area (Å²) < 4.78 is 37.6. The number of nitriles is 1. The fourth-order valence-corrected chi connectivity index (χ4v) is 6.71. The van der Waals surface area contributed by atoms with Gasteiger partial charge < -0.3 is 9.64 Å². The van der Waals surface area contributed by atoms with Gasteiger partial charge in [-0.25, -0.2) is 18.5 Å². The number of pyridine rings is 1. The third-order valence-electron chi connectivity index (χ3n) is 7.97. The molecule has 190 valence electrons. The second kappa shape index (κ2) is 8.68. The van der Waals surface area contributed by atoms with Crippen LogP contribution in [-0.4, -0.2) is 57.7 Å². The number of imidazole rings is 1. The normalized spacial score (nSPS) is 22.9. The van der Waals surface area contributed by atoms with Crippen LogP contribution in [0.1, 0.15) is 44.3 Å². The van der Waals surface area contributed by atoms with Gasteiger partial charge in [0.2, 0.25) is 6.43 Å². The minimum Gasteiger partial charge on any atom is -0.380 e. The van der Waals surface area contributed by atoms with Gasteiger partial charge in [-0.2, -0.15) is 5.26 Å². The number of ether oxygens (including phenoxy) is 1. The van der Waals surface area contributed by atoms with Gasteiger partial charge >= 0.3 is 0 Å². The van der Waals surface area contributed by atoms with Crippen molar-refractivity contribution in [3.05, 3.63) is 24.3 Å². The lowest BCUT2D eigenvalue weighted by molar-refractivity contribution is -0.124. The van der Waals surface area contributed by atoms with E-state index in [0.29, 0.717) is 11.2 Å². The molecule has 4 heterocycles. The molecule has 0 amide bonds. The predicted octanol–water partition coefficient (Wildman–Crippen LogP) is 4.69. The van der Waals surface area contributed by atoms with Gasteiger partial charge in [-0.05, 0) is 56.5 Å². The zero-order valence-corrected chi connectivity index (χ0v) is 21.3. The van der Waals surface area contributed by atoms with Crippen LogP contribution >= 0.6 is 23.7 Å². The van der Waals surface area contributed by atoms with Crippen LogP contribution in [0, 0.1) is 33.0 Å². The third-order valence-corrected chi connectivity index (χ3v) is 9.92. The van der Waals surface area contributed by atoms with Gasteiger partial charge in [0.25, 0.3) is 0 Å². The van der Waals surface area contributed by atoms with Crippen LogP contribution in [0.2, 0.25) is 0 Å². The van der Waals surface area contributed by atoms with Crippen molar-refractivity contribution in [1.29, 1.82) is 16.1 Å². The number of nitrogens with zero attached hydrogens (tertiary/aromatic N) is 4. The number of anilines is 1. The molecule has 2 aromatic rings. The van der Waals surface area contributed by atoms with Gasteiger partial charge in [0.15, 0.2) is 5.82 Å². The highest BCUT2D eigenvalue weighted by molar-refractivity contribution is 8.26. The molecule has 1 spiro atoms. The molecule has 4 fully saturated rings. The number of piperidine rings is 1. The maximum Gasteiger partial charge on any atom is 0.250 e. The summed E-state index contributed by atoms with van der Waals surface area (Å²) in [7, 11) is 0. The third kappa shape index (κ3) is 4.10. The molecule has 2 saturated heterocycles. The molecular weight excluding hydrogens is 504 g/mol. The topological polar surface area (TPSA) is 113 Å². The Balaban J connectivity index is 1.30. The summed E-state index contributed by atoms with van der Waals surface area (Å²) in [6.45, 7) is 3.42. The maximum absolute atomic E-state index is 13.5. The Bertz CT molecular complexity index is 1270. The summed E-state index contributed by atoms with van der Waals surface area (Å²) in [4.78, 5) is 7.70. The fourth-order valence-electron chi connectivity index (χ4n) is 4.88. The van der Waals surface area contributed by atoms with E-state index in [2.05, 4.69) is 26.7 Å². The smallest absolute Gasteiger partial charge is 0.250 e. The van der Waals surface area contributed by atoms with Crippen LogP contribution in [0.5, 0.6) is 0 Å². The van der Waals surface area contributed by atoms with Crippen LogP contribution in [0.25, 0.3) is 5.52 Å². The Kier molecular flexibility index (Phi) is 5.83. The van der Waals surface area contributed by atoms with E-state index in [4.69, 9.17) is 15.6 Å². The molecule has 0 unspecified atom stereocenters. The summed E-state index contributed by atoms with van der Waals surface area (Å²) in [5, 5.41) is 26.1. The maximum atomic E-state index is 13.5. The first-order valence-electron chi connectivity index (χ1n) is 12.1. The number of hydrogen-bond donors (Lipinski definition) is 3. The molecule has 0 bridgehead atoms. The number of fused-ring (bicyclic) bond motifs is 1. The Morgan fingerprint density at radius 3 is 2.44 bits per heavy atom. The van der Waals surface area contributed by atoms with Gasteiger partial charge in [-0.15, -0.1) is 0 Å². The minimum atomic E-state index is -2.60. The molecule has 0 atom stereocenters. The first-order chi connectivity index (χ1) is 17.3. The van der Waals surface area contributed by atoms with Crippen molar-refractivity contribution in [3.8, 4) is 6.07 Å². The molecule has 2 aliphatic heterocycles. The lowest BCUT2D eigenvalue weighted by Crippen LogP contribution is -2.51. The van der Waals surface area contributed by atoms with Crippen molar-refractivity contribution in [1.82, 2.24) is 14.1 Å². The van der Waals surface area contributed by atoms with Gasteiger partial charge in [-0.3, -0.25) is 15.2 Å². The lowest BCUT2D eigenvalue weighted by Gasteiger charge is -2.48. The SMILES string of the molecule is N#CC1(NSc2cc(N3CCC4(CC3)COC4)c3cnc(C(=N)SC(=N)C4(C(F)F)CC4)n3c2)CC1. The van der Waals surface area contributed by atoms with Crippen LogP contribution in [0.4, 0.5) is 14.5 Å². The summed E-state index contributed by atoms with van der Waals surface area (Å²) in [6.07, 6.45) is 5.28. The van der Waals surface area contributed by atoms with E-state index in [0.717, 1.165) is 79.8 Å². The number of hydrogen-bond acceptors (Lipinski definition) is 9. The standard InChI is InChI=1S/C24H27F2N7OS2/c25-20(26)24(3-4-24)21(29)35-18(28)19-30-10-17-16(32-7-5-22(6-8-32)13-34-14-22)9-15(11-33(17)19)36-31-23(12-27)1-2-23/h9-11,20,28-29,31H,1-8,13-14H2. The fraction of sp³-hybridized carbons (Fsp3) is 0.583. The molecule has 0 aromatic carbocycles. The largest absolute Gasteiger partial charge is 0.380 e. The van der Waals surface area contributed by atoms with E-state index in [1.54, 1.807) is 6.20 Å². The number of nitrogens with one attached hydrogen (secondary N) is 3. The van der Waals surface area contributed by atoms with Crippen LogP contribution in [0.15, 0.2) is 23.4 Å². The van der Waals surface area contributed by atoms with Gasteiger partial charge in [0, 0.05) is 29.6 Å². The Hall–Kier alpha value is -2.20. The molecule has 0 radical (unpaired) electrons. The average molecular weight is 532 g/mol. The van der Waals surface area contributed by atoms with Crippen molar-refractivity contribution >= 4 is 45.0 Å². The molecule has 6 rings (SSSR count). The van der Waals surface area contributed by atoms with E-state index in [-0.39, 0.29) is 22.9 Å². The van der Waals surface area contributed by atoms with Crippen molar-refractivity contribution in [2.24, 2.45) is 10.8 Å². The van der Waals surface area contributed by atoms with Crippen molar-refractivity contribution < 1.29 is 13.5 Å². The highest BCUT2D eigenvalue weighted by atomic mass is 32.2. The first kappa shape index (κ1) is 24.2. The summed E-state index contributed by atoms with van der Waals surface area (Å²) in [5.74, 6) is 0.329. The first-order valence-corrected chi connectivity index (χ1v) is 13.8. The van der Waals surface area contributed by atoms with Crippen molar-refractivity contribution in [3.63, 3.8) is 0 Å². The molecule has 2 saturated carbocycles. The monoisotopic (exact) mass is 531 g/mol. The summed E-state index contributed by atoms with van der Waals surface area (Å²) >= 11 is 2.16. The number of aromatic nitrogens is 2. The second-order valence-corrected chi connectivity index (χ2v) is 12.4. The van der Waals surface area contributed by atoms with E-state index in [1.807, 2.05) is 10.6 Å². The van der Waals surface area contributed by atoms with Crippen molar-refractivity contribution in [2.45, 2.75) is 55.4 Å². The molecule has 4 aliphatic rings. The van der Waals surface area contributed by atoms with Crippen LogP contribution in [-0.2, 0) is 4.74 Å². The number of halogens is 2. The molecular formula is C24H27F2N7OS2. The highest BCUT2D eigenvalue weighted by Crippen LogP contribution is 2.54. The molecule has 36 heavy (non-hydrogen) atoms. The Labute approximate surface area is 216 Å². The van der Waals surface area contributed by atoms with Gasteiger partial charge in [0.05, 0.1) is 47.1 Å². The summed E-state index contributed by atoms with van der Waals surface area (Å²) in [5.41, 5.74) is 0.232. The predicted molar refractivity (Wildman–Crippen MR) is 136 cm³/mol. The van der Waals surface area contributed by atoms with Crippen LogP contribution < -0.4 is 9.62 Å². The zero-order valence-electron chi connectivity index (χ0n) is 19.6. The van der Waals surface area contributed by atoms with Gasteiger partial charge in [-0.1, -0.05) is 11.8 Å². The Morgan fingerprint density at radius 2 is 1.89 bits per heavy atom. The summed E-state index contributed by atoms with van der Waals surface area (Å²) in [6, 6.07) is 4.43. The molecule has 3 N–H and O–H groups in total. The van der Waals surface area contributed by atoms with Gasteiger partial charge in [0.1, 0.15) is 10.6 Å². The van der Waals surface area contributed by atoms with E-state index in [9.17, 15) is 14.0 Å². The molecule has 2 aliphatic carbocycles. The van der Waals surface area contributed by atoms with E-state index >= 15 is 0 Å². The number of rotatable bonds is 7. The quantitative estimate of drug-likeness (QED) is 0.270. The molecule has 12 heteroatoms. The second-order valence-electron chi connectivity index (χ2n) is 10.5. The van der Waals surface area contributed by atoms with Crippen LogP contribution in [0.3, 0.4) is 0 Å². The van der Waals surface area contributed by atoms with E-state index < -0.39 is 17.4 Å². The zero-order chi connectivity index (χ0) is 25.1. The Morgan fingerprint density at radius 1 is 1.17 bits per heavy atom.